The van der Waals surface area contributed by atoms with Crippen molar-refractivity contribution in [2.24, 2.45) is 0 Å². The number of hydrogen-bond donors (Lipinski definition) is 1. The largest absolute Gasteiger partial charge is 0.495 e. The Morgan fingerprint density at radius 2 is 1.84 bits per heavy atom. The smallest absolute Gasteiger partial charge is 0.235 e. The van der Waals surface area contributed by atoms with Gasteiger partial charge in [-0.25, -0.2) is 4.98 Å². The third-order valence-electron chi connectivity index (χ3n) is 6.21. The molecular formula is C26H25N3O3. The van der Waals surface area contributed by atoms with E-state index >= 15 is 0 Å². The fourth-order valence-electron chi connectivity index (χ4n) is 4.40. The molecule has 6 heteroatoms. The van der Waals surface area contributed by atoms with Crippen LogP contribution in [-0.2, 0) is 14.9 Å². The summed E-state index contributed by atoms with van der Waals surface area (Å²) in [4.78, 5) is 18.4. The summed E-state index contributed by atoms with van der Waals surface area (Å²) < 4.78 is 13.1. The highest BCUT2D eigenvalue weighted by Gasteiger charge is 2.41. The van der Waals surface area contributed by atoms with Crippen molar-refractivity contribution in [3.05, 3.63) is 84.7 Å². The lowest BCUT2D eigenvalue weighted by Crippen LogP contribution is -2.44. The van der Waals surface area contributed by atoms with Crippen LogP contribution < -0.4 is 10.1 Å². The van der Waals surface area contributed by atoms with Crippen LogP contribution in [0.4, 0.5) is 5.69 Å². The number of rotatable bonds is 5. The first-order chi connectivity index (χ1) is 15.7. The Morgan fingerprint density at radius 1 is 1.06 bits per heavy atom. The van der Waals surface area contributed by atoms with Crippen molar-refractivity contribution in [2.75, 3.05) is 25.6 Å². The molecule has 1 aliphatic rings. The summed E-state index contributed by atoms with van der Waals surface area (Å²) in [6.45, 7) is 1.11. The summed E-state index contributed by atoms with van der Waals surface area (Å²) in [7, 11) is 1.61. The van der Waals surface area contributed by atoms with Gasteiger partial charge in [-0.2, -0.15) is 0 Å². The molecule has 0 spiro atoms. The van der Waals surface area contributed by atoms with E-state index in [-0.39, 0.29) is 5.91 Å². The highest BCUT2D eigenvalue weighted by Crippen LogP contribution is 2.38. The summed E-state index contributed by atoms with van der Waals surface area (Å²) in [5.74, 6) is 0.568. The Balaban J connectivity index is 1.51. The summed E-state index contributed by atoms with van der Waals surface area (Å²) in [6.07, 6.45) is 5.22. The minimum Gasteiger partial charge on any atom is -0.495 e. The first-order valence-corrected chi connectivity index (χ1v) is 10.8. The molecule has 0 saturated carbocycles. The summed E-state index contributed by atoms with van der Waals surface area (Å²) >= 11 is 0. The van der Waals surface area contributed by atoms with E-state index in [4.69, 9.17) is 14.5 Å². The van der Waals surface area contributed by atoms with Gasteiger partial charge in [0, 0.05) is 31.2 Å². The molecule has 32 heavy (non-hydrogen) atoms. The zero-order chi connectivity index (χ0) is 22.0. The second-order valence-corrected chi connectivity index (χ2v) is 8.02. The van der Waals surface area contributed by atoms with Crippen molar-refractivity contribution >= 4 is 17.2 Å². The van der Waals surface area contributed by atoms with Crippen LogP contribution in [0, 0.1) is 0 Å². The van der Waals surface area contributed by atoms with Crippen LogP contribution >= 0.6 is 0 Å². The molecule has 4 aromatic rings. The number of nitrogens with zero attached hydrogens (tertiary/aromatic N) is 2. The zero-order valence-corrected chi connectivity index (χ0v) is 18.0. The monoisotopic (exact) mass is 427 g/mol. The number of anilines is 1. The first kappa shape index (κ1) is 20.3. The fourth-order valence-corrected chi connectivity index (χ4v) is 4.40. The number of ether oxygens (including phenoxy) is 2. The van der Waals surface area contributed by atoms with Crippen molar-refractivity contribution in [1.29, 1.82) is 0 Å². The normalized spacial score (nSPS) is 15.4. The molecular weight excluding hydrogens is 402 g/mol. The topological polar surface area (TPSA) is 64.9 Å². The van der Waals surface area contributed by atoms with Gasteiger partial charge in [-0.3, -0.25) is 4.79 Å². The second kappa shape index (κ2) is 8.48. The Kier molecular flexibility index (Phi) is 5.37. The van der Waals surface area contributed by atoms with Crippen LogP contribution in [0.1, 0.15) is 18.4 Å². The van der Waals surface area contributed by atoms with Gasteiger partial charge in [0.15, 0.2) is 0 Å². The highest BCUT2D eigenvalue weighted by atomic mass is 16.5. The van der Waals surface area contributed by atoms with Crippen LogP contribution in [-0.4, -0.2) is 35.6 Å². The van der Waals surface area contributed by atoms with Crippen molar-refractivity contribution in [2.45, 2.75) is 18.3 Å². The number of carbonyl (C=O) groups is 1. The fraction of sp³-hybridized carbons (Fsp3) is 0.231. The summed E-state index contributed by atoms with van der Waals surface area (Å²) in [6, 6.07) is 21.6. The Morgan fingerprint density at radius 3 is 2.59 bits per heavy atom. The van der Waals surface area contributed by atoms with E-state index in [1.54, 1.807) is 7.11 Å². The van der Waals surface area contributed by atoms with E-state index in [0.717, 1.165) is 22.5 Å². The number of methoxy groups -OCH3 is 1. The number of nitrogens with one attached hydrogen (secondary N) is 1. The lowest BCUT2D eigenvalue weighted by Gasteiger charge is -2.36. The maximum absolute atomic E-state index is 13.7. The standard InChI is InChI=1S/C26H25N3O3/c1-31-23-11-10-19(22-18-29-14-6-5-9-24(29)27-22)17-21(23)28-25(30)26(12-15-32-16-13-26)20-7-3-2-4-8-20/h2-11,14,17-18H,12-13,15-16H2,1H3,(H,28,30). The van der Waals surface area contributed by atoms with Gasteiger partial charge in [0.05, 0.1) is 23.9 Å². The molecule has 0 aliphatic carbocycles. The van der Waals surface area contributed by atoms with Crippen molar-refractivity contribution in [3.8, 4) is 17.0 Å². The van der Waals surface area contributed by atoms with Gasteiger partial charge in [-0.05, 0) is 48.7 Å². The highest BCUT2D eigenvalue weighted by molar-refractivity contribution is 6.00. The van der Waals surface area contributed by atoms with E-state index in [1.165, 1.54) is 0 Å². The van der Waals surface area contributed by atoms with E-state index < -0.39 is 5.41 Å². The predicted octanol–water partition coefficient (Wildman–Crippen LogP) is 4.70. The molecule has 1 aliphatic heterocycles. The lowest BCUT2D eigenvalue weighted by atomic mass is 9.73. The molecule has 1 N–H and O–H groups in total. The van der Waals surface area contributed by atoms with Crippen molar-refractivity contribution in [3.63, 3.8) is 0 Å². The summed E-state index contributed by atoms with van der Waals surface area (Å²) in [5.41, 5.74) is 3.62. The van der Waals surface area contributed by atoms with E-state index in [2.05, 4.69) is 5.32 Å². The average Bonchev–Trinajstić information content (AvgIpc) is 3.29. The SMILES string of the molecule is COc1ccc(-c2cn3ccccc3n2)cc1NC(=O)C1(c2ccccc2)CCOCC1. The molecule has 0 radical (unpaired) electrons. The molecule has 1 amide bonds. The summed E-state index contributed by atoms with van der Waals surface area (Å²) in [5, 5.41) is 3.16. The predicted molar refractivity (Wildman–Crippen MR) is 124 cm³/mol. The number of amides is 1. The molecule has 0 atom stereocenters. The van der Waals surface area contributed by atoms with E-state index in [1.807, 2.05) is 83.5 Å². The van der Waals surface area contributed by atoms with Crippen LogP contribution in [0.3, 0.4) is 0 Å². The molecule has 1 saturated heterocycles. The Hall–Kier alpha value is -3.64. The number of benzene rings is 2. The van der Waals surface area contributed by atoms with Gasteiger partial charge in [0.25, 0.3) is 0 Å². The third-order valence-corrected chi connectivity index (χ3v) is 6.21. The number of fused-ring (bicyclic) bond motifs is 1. The lowest BCUT2D eigenvalue weighted by molar-refractivity contribution is -0.125. The molecule has 1 fully saturated rings. The third kappa shape index (κ3) is 3.63. The molecule has 2 aromatic heterocycles. The maximum Gasteiger partial charge on any atom is 0.235 e. The van der Waals surface area contributed by atoms with Gasteiger partial charge >= 0.3 is 0 Å². The number of carbonyl (C=O) groups excluding carboxylic acids is 1. The first-order valence-electron chi connectivity index (χ1n) is 10.8. The molecule has 162 valence electrons. The van der Waals surface area contributed by atoms with Gasteiger partial charge in [-0.1, -0.05) is 36.4 Å². The molecule has 2 aromatic carbocycles. The molecule has 6 nitrogen and oxygen atoms in total. The van der Waals surface area contributed by atoms with E-state index in [9.17, 15) is 4.79 Å². The minimum absolute atomic E-state index is 0.0440. The van der Waals surface area contributed by atoms with Crippen molar-refractivity contribution in [1.82, 2.24) is 9.38 Å². The molecule has 5 rings (SSSR count). The Labute approximate surface area is 186 Å². The zero-order valence-electron chi connectivity index (χ0n) is 18.0. The molecule has 0 bridgehead atoms. The number of pyridine rings is 1. The quantitative estimate of drug-likeness (QED) is 0.502. The average molecular weight is 428 g/mol. The van der Waals surface area contributed by atoms with Gasteiger partial charge < -0.3 is 19.2 Å². The number of aromatic nitrogens is 2. The van der Waals surface area contributed by atoms with E-state index in [0.29, 0.717) is 37.5 Å². The second-order valence-electron chi connectivity index (χ2n) is 8.02. The van der Waals surface area contributed by atoms with Gasteiger partial charge in [0.1, 0.15) is 11.4 Å². The van der Waals surface area contributed by atoms with Gasteiger partial charge in [-0.15, -0.1) is 0 Å². The number of imidazole rings is 1. The van der Waals surface area contributed by atoms with Gasteiger partial charge in [0.2, 0.25) is 5.91 Å². The van der Waals surface area contributed by atoms with Crippen LogP contribution in [0.2, 0.25) is 0 Å². The minimum atomic E-state index is -0.635. The van der Waals surface area contributed by atoms with Crippen LogP contribution in [0.15, 0.2) is 79.1 Å². The van der Waals surface area contributed by atoms with Crippen LogP contribution in [0.5, 0.6) is 5.75 Å². The maximum atomic E-state index is 13.7. The number of hydrogen-bond acceptors (Lipinski definition) is 4. The van der Waals surface area contributed by atoms with Crippen LogP contribution in [0.25, 0.3) is 16.9 Å². The molecule has 3 heterocycles. The Bertz CT molecular complexity index is 1210. The molecule has 0 unspecified atom stereocenters. The van der Waals surface area contributed by atoms with Crippen molar-refractivity contribution < 1.29 is 14.3 Å².